The number of halogens is 3. The molecule has 4 heterocycles. The van der Waals surface area contributed by atoms with E-state index in [9.17, 15) is 23.6 Å². The summed E-state index contributed by atoms with van der Waals surface area (Å²) >= 11 is 0. The van der Waals surface area contributed by atoms with Crippen molar-refractivity contribution in [1.29, 1.82) is 5.26 Å². The molecule has 9 nitrogen and oxygen atoms in total. The number of piperidine rings is 1. The van der Waals surface area contributed by atoms with Crippen molar-refractivity contribution in [3.05, 3.63) is 30.0 Å². The Balaban J connectivity index is 1.62. The standard InChI is InChI=1S/C20H20F3N7O2/c1-29-11-26-17-16(27-15(9-24)28-18(17)29)13-8-14(20(21,22)23)19(25-10-13)32-7-4-12-2-5-30(31)6-3-12/h8,10-12,31H,2-7H2,1H3. The number of rotatable bonds is 5. The van der Waals surface area contributed by atoms with Gasteiger partial charge in [-0.05, 0) is 31.2 Å². The van der Waals surface area contributed by atoms with Gasteiger partial charge in [0.05, 0.1) is 12.9 Å². The van der Waals surface area contributed by atoms with Gasteiger partial charge < -0.3 is 14.5 Å². The van der Waals surface area contributed by atoms with Gasteiger partial charge in [-0.15, -0.1) is 0 Å². The fourth-order valence-electron chi connectivity index (χ4n) is 3.69. The molecule has 3 aromatic heterocycles. The molecule has 4 rings (SSSR count). The number of hydrogen-bond acceptors (Lipinski definition) is 8. The van der Waals surface area contributed by atoms with Crippen molar-refractivity contribution in [2.24, 2.45) is 13.0 Å². The number of alkyl halides is 3. The molecular weight excluding hydrogens is 427 g/mol. The van der Waals surface area contributed by atoms with Crippen LogP contribution < -0.4 is 4.74 Å². The minimum atomic E-state index is -4.70. The predicted molar refractivity (Wildman–Crippen MR) is 105 cm³/mol. The van der Waals surface area contributed by atoms with Crippen LogP contribution in [0.15, 0.2) is 18.6 Å². The van der Waals surface area contributed by atoms with Crippen LogP contribution in [0.2, 0.25) is 0 Å². The molecule has 0 amide bonds. The first-order chi connectivity index (χ1) is 15.3. The van der Waals surface area contributed by atoms with Gasteiger partial charge in [-0.1, -0.05) is 0 Å². The summed E-state index contributed by atoms with van der Waals surface area (Å²) in [6, 6.07) is 2.72. The Bertz CT molecular complexity index is 1160. The van der Waals surface area contributed by atoms with E-state index >= 15 is 0 Å². The van der Waals surface area contributed by atoms with Crippen molar-refractivity contribution < 1.29 is 23.1 Å². The lowest BCUT2D eigenvalue weighted by Crippen LogP contribution is -2.31. The molecule has 3 aromatic rings. The zero-order chi connectivity index (χ0) is 22.9. The number of aryl methyl sites for hydroxylation is 1. The molecule has 0 saturated carbocycles. The quantitative estimate of drug-likeness (QED) is 0.635. The first-order valence-corrected chi connectivity index (χ1v) is 9.99. The average Bonchev–Trinajstić information content (AvgIpc) is 3.14. The Morgan fingerprint density at radius 3 is 2.69 bits per heavy atom. The molecule has 1 N–H and O–H groups in total. The van der Waals surface area contributed by atoms with Crippen molar-refractivity contribution in [2.45, 2.75) is 25.4 Å². The lowest BCUT2D eigenvalue weighted by molar-refractivity contribution is -0.139. The third-order valence-electron chi connectivity index (χ3n) is 5.45. The highest BCUT2D eigenvalue weighted by Gasteiger charge is 2.36. The highest BCUT2D eigenvalue weighted by atomic mass is 19.4. The van der Waals surface area contributed by atoms with Crippen LogP contribution in [-0.2, 0) is 13.2 Å². The van der Waals surface area contributed by atoms with Crippen molar-refractivity contribution in [1.82, 2.24) is 29.6 Å². The van der Waals surface area contributed by atoms with Gasteiger partial charge in [0.15, 0.2) is 5.65 Å². The smallest absolute Gasteiger partial charge is 0.421 e. The van der Waals surface area contributed by atoms with E-state index in [4.69, 9.17) is 4.74 Å². The molecule has 1 aliphatic heterocycles. The highest BCUT2D eigenvalue weighted by molar-refractivity contribution is 5.87. The van der Waals surface area contributed by atoms with Crippen molar-refractivity contribution in [2.75, 3.05) is 19.7 Å². The third-order valence-corrected chi connectivity index (χ3v) is 5.45. The van der Waals surface area contributed by atoms with E-state index in [0.717, 1.165) is 18.9 Å². The van der Waals surface area contributed by atoms with Crippen LogP contribution in [-0.4, -0.2) is 54.5 Å². The van der Waals surface area contributed by atoms with E-state index in [-0.39, 0.29) is 35.1 Å². The maximum absolute atomic E-state index is 13.8. The number of hydrogen-bond donors (Lipinski definition) is 1. The van der Waals surface area contributed by atoms with Gasteiger partial charge >= 0.3 is 6.18 Å². The van der Waals surface area contributed by atoms with Crippen LogP contribution in [0.25, 0.3) is 22.4 Å². The van der Waals surface area contributed by atoms with Gasteiger partial charge in [0.1, 0.15) is 22.8 Å². The summed E-state index contributed by atoms with van der Waals surface area (Å²) < 4.78 is 48.3. The van der Waals surface area contributed by atoms with Gasteiger partial charge in [0.2, 0.25) is 11.7 Å². The van der Waals surface area contributed by atoms with Gasteiger partial charge in [0, 0.05) is 31.9 Å². The molecule has 0 atom stereocenters. The van der Waals surface area contributed by atoms with Crippen LogP contribution in [0.5, 0.6) is 5.88 Å². The Kier molecular flexibility index (Phi) is 5.94. The Morgan fingerprint density at radius 2 is 2.00 bits per heavy atom. The van der Waals surface area contributed by atoms with E-state index in [1.54, 1.807) is 11.6 Å². The van der Waals surface area contributed by atoms with Crippen LogP contribution in [0.4, 0.5) is 13.2 Å². The van der Waals surface area contributed by atoms with E-state index in [1.165, 1.54) is 17.6 Å². The zero-order valence-electron chi connectivity index (χ0n) is 17.2. The van der Waals surface area contributed by atoms with Crippen LogP contribution >= 0.6 is 0 Å². The van der Waals surface area contributed by atoms with Gasteiger partial charge in [-0.3, -0.25) is 0 Å². The second kappa shape index (κ2) is 8.68. The van der Waals surface area contributed by atoms with E-state index in [0.29, 0.717) is 25.2 Å². The van der Waals surface area contributed by atoms with Crippen LogP contribution in [0.3, 0.4) is 0 Å². The monoisotopic (exact) mass is 447 g/mol. The van der Waals surface area contributed by atoms with Gasteiger partial charge in [-0.25, -0.2) is 15.0 Å². The largest absolute Gasteiger partial charge is 0.477 e. The molecule has 0 radical (unpaired) electrons. The Labute approximate surface area is 181 Å². The number of pyridine rings is 1. The SMILES string of the molecule is Cn1cnc2c(-c3cnc(OCCC4CCN(O)CC4)c(C(F)(F)F)c3)nc(C#N)nc21. The Hall–Kier alpha value is -3.30. The molecular formula is C20H20F3N7O2. The molecule has 0 aliphatic carbocycles. The first kappa shape index (κ1) is 21.9. The maximum atomic E-state index is 13.8. The summed E-state index contributed by atoms with van der Waals surface area (Å²) in [6.45, 7) is 1.16. The van der Waals surface area contributed by atoms with Gasteiger partial charge in [-0.2, -0.15) is 28.5 Å². The first-order valence-electron chi connectivity index (χ1n) is 9.99. The second-order valence-electron chi connectivity index (χ2n) is 7.64. The zero-order valence-corrected chi connectivity index (χ0v) is 17.2. The number of imidazole rings is 1. The summed E-state index contributed by atoms with van der Waals surface area (Å²) in [4.78, 5) is 16.2. The molecule has 0 bridgehead atoms. The van der Waals surface area contributed by atoms with Crippen molar-refractivity contribution in [3.63, 3.8) is 0 Å². The minimum absolute atomic E-state index is 0.0580. The molecule has 0 unspecified atom stereocenters. The molecule has 0 aromatic carbocycles. The number of nitriles is 1. The molecule has 1 aliphatic rings. The van der Waals surface area contributed by atoms with Crippen molar-refractivity contribution in [3.8, 4) is 23.2 Å². The summed E-state index contributed by atoms with van der Waals surface area (Å²) in [5.74, 6) is -0.415. The third kappa shape index (κ3) is 4.49. The number of fused-ring (bicyclic) bond motifs is 1. The number of hydroxylamine groups is 2. The second-order valence-corrected chi connectivity index (χ2v) is 7.64. The summed E-state index contributed by atoms with van der Waals surface area (Å²) in [6.07, 6.45) is 0.0590. The van der Waals surface area contributed by atoms with E-state index < -0.39 is 17.6 Å². The topological polar surface area (TPSA) is 113 Å². The summed E-state index contributed by atoms with van der Waals surface area (Å²) in [5.41, 5.74) is -0.281. The number of nitrogens with zero attached hydrogens (tertiary/aromatic N) is 7. The number of aromatic nitrogens is 5. The normalized spacial score (nSPS) is 15.8. The van der Waals surface area contributed by atoms with Crippen molar-refractivity contribution >= 4 is 11.2 Å². The fourth-order valence-corrected chi connectivity index (χ4v) is 3.69. The maximum Gasteiger partial charge on any atom is 0.421 e. The lowest BCUT2D eigenvalue weighted by atomic mass is 9.95. The molecule has 1 fully saturated rings. The average molecular weight is 447 g/mol. The number of ether oxygens (including phenoxy) is 1. The summed E-state index contributed by atoms with van der Waals surface area (Å²) in [7, 11) is 1.66. The fraction of sp³-hybridized carbons (Fsp3) is 0.450. The van der Waals surface area contributed by atoms with Crippen LogP contribution in [0.1, 0.15) is 30.7 Å². The molecule has 168 valence electrons. The lowest BCUT2D eigenvalue weighted by Gasteiger charge is -2.27. The summed E-state index contributed by atoms with van der Waals surface area (Å²) in [5, 5.41) is 19.9. The molecule has 0 spiro atoms. The van der Waals surface area contributed by atoms with Crippen LogP contribution in [0, 0.1) is 17.2 Å². The van der Waals surface area contributed by atoms with Gasteiger partial charge in [0.25, 0.3) is 0 Å². The molecule has 32 heavy (non-hydrogen) atoms. The highest BCUT2D eigenvalue weighted by Crippen LogP contribution is 2.38. The van der Waals surface area contributed by atoms with E-state index in [2.05, 4.69) is 19.9 Å². The molecule has 1 saturated heterocycles. The predicted octanol–water partition coefficient (Wildman–Crippen LogP) is 3.19. The minimum Gasteiger partial charge on any atom is -0.477 e. The molecule has 12 heteroatoms. The van der Waals surface area contributed by atoms with E-state index in [1.807, 2.05) is 6.07 Å². The Morgan fingerprint density at radius 1 is 1.25 bits per heavy atom.